The lowest BCUT2D eigenvalue weighted by Crippen LogP contribution is -2.10. The molecule has 0 spiro atoms. The van der Waals surface area contributed by atoms with Crippen LogP contribution < -0.4 is 0 Å². The van der Waals surface area contributed by atoms with Gasteiger partial charge in [-0.1, -0.05) is 39.5 Å². The van der Waals surface area contributed by atoms with E-state index in [-0.39, 0.29) is 5.97 Å². The summed E-state index contributed by atoms with van der Waals surface area (Å²) in [7, 11) is 0. The van der Waals surface area contributed by atoms with Gasteiger partial charge >= 0.3 is 5.97 Å². The van der Waals surface area contributed by atoms with E-state index < -0.39 is 0 Å². The van der Waals surface area contributed by atoms with Crippen molar-refractivity contribution in [3.63, 3.8) is 0 Å². The Morgan fingerprint density at radius 2 is 2.00 bits per heavy atom. The van der Waals surface area contributed by atoms with E-state index in [4.69, 9.17) is 4.74 Å². The molecule has 1 saturated carbocycles. The zero-order valence-electron chi connectivity index (χ0n) is 9.42. The highest BCUT2D eigenvalue weighted by Gasteiger charge is 2.16. The molecule has 0 aromatic rings. The first-order chi connectivity index (χ1) is 6.68. The summed E-state index contributed by atoms with van der Waals surface area (Å²) in [5, 5.41) is 0. The molecule has 0 aromatic heterocycles. The fourth-order valence-electron chi connectivity index (χ4n) is 1.95. The van der Waals surface area contributed by atoms with Gasteiger partial charge in [0.2, 0.25) is 0 Å². The van der Waals surface area contributed by atoms with Gasteiger partial charge < -0.3 is 4.74 Å². The Morgan fingerprint density at radius 1 is 1.36 bits per heavy atom. The van der Waals surface area contributed by atoms with Crippen molar-refractivity contribution in [2.24, 2.45) is 11.8 Å². The van der Waals surface area contributed by atoms with Crippen molar-refractivity contribution in [2.45, 2.75) is 52.4 Å². The summed E-state index contributed by atoms with van der Waals surface area (Å²) in [5.74, 6) is 1.23. The second-order valence-corrected chi connectivity index (χ2v) is 4.77. The van der Waals surface area contributed by atoms with Crippen LogP contribution in [0.4, 0.5) is 0 Å². The van der Waals surface area contributed by atoms with Crippen LogP contribution in [-0.2, 0) is 9.53 Å². The Kier molecular flexibility index (Phi) is 4.99. The van der Waals surface area contributed by atoms with Crippen molar-refractivity contribution in [2.75, 3.05) is 6.61 Å². The lowest BCUT2D eigenvalue weighted by molar-refractivity contribution is -0.145. The topological polar surface area (TPSA) is 26.3 Å². The van der Waals surface area contributed by atoms with Crippen LogP contribution in [0.1, 0.15) is 52.4 Å². The predicted molar refractivity (Wildman–Crippen MR) is 57.0 cm³/mol. The van der Waals surface area contributed by atoms with Crippen molar-refractivity contribution in [1.82, 2.24) is 0 Å². The molecule has 0 bridgehead atoms. The second-order valence-electron chi connectivity index (χ2n) is 4.77. The molecule has 14 heavy (non-hydrogen) atoms. The van der Waals surface area contributed by atoms with Crippen LogP contribution in [-0.4, -0.2) is 12.6 Å². The number of esters is 1. The molecule has 0 saturated heterocycles. The minimum atomic E-state index is -0.00870. The minimum absolute atomic E-state index is 0.00870. The molecule has 2 heteroatoms. The zero-order valence-corrected chi connectivity index (χ0v) is 9.42. The van der Waals surface area contributed by atoms with E-state index in [1.165, 1.54) is 25.7 Å². The van der Waals surface area contributed by atoms with Crippen LogP contribution in [0, 0.1) is 11.8 Å². The van der Waals surface area contributed by atoms with Crippen molar-refractivity contribution in [3.8, 4) is 0 Å². The SMILES string of the molecule is CC(C)COC(=O)CCC1CCCC1. The number of hydrogen-bond donors (Lipinski definition) is 0. The maximum Gasteiger partial charge on any atom is 0.305 e. The molecule has 0 unspecified atom stereocenters. The van der Waals surface area contributed by atoms with Gasteiger partial charge in [-0.3, -0.25) is 4.79 Å². The van der Waals surface area contributed by atoms with Gasteiger partial charge in [0.1, 0.15) is 0 Å². The first kappa shape index (κ1) is 11.5. The Morgan fingerprint density at radius 3 is 2.57 bits per heavy atom. The van der Waals surface area contributed by atoms with E-state index in [0.717, 1.165) is 12.3 Å². The molecule has 82 valence electrons. The Balaban J connectivity index is 2.02. The summed E-state index contributed by atoms with van der Waals surface area (Å²) in [6, 6.07) is 0. The maximum atomic E-state index is 11.3. The van der Waals surface area contributed by atoms with Crippen LogP contribution in [0.5, 0.6) is 0 Å². The molecule has 0 aromatic carbocycles. The van der Waals surface area contributed by atoms with Crippen LogP contribution in [0.2, 0.25) is 0 Å². The molecular weight excluding hydrogens is 176 g/mol. The smallest absolute Gasteiger partial charge is 0.305 e. The van der Waals surface area contributed by atoms with Crippen LogP contribution in [0.15, 0.2) is 0 Å². The van der Waals surface area contributed by atoms with Crippen molar-refractivity contribution in [1.29, 1.82) is 0 Å². The second kappa shape index (κ2) is 6.05. The molecule has 1 fully saturated rings. The molecule has 1 aliphatic carbocycles. The quantitative estimate of drug-likeness (QED) is 0.634. The van der Waals surface area contributed by atoms with Gasteiger partial charge in [-0.2, -0.15) is 0 Å². The van der Waals surface area contributed by atoms with Crippen molar-refractivity contribution >= 4 is 5.97 Å². The van der Waals surface area contributed by atoms with Gasteiger partial charge in [0.05, 0.1) is 6.61 Å². The van der Waals surface area contributed by atoms with E-state index in [2.05, 4.69) is 13.8 Å². The summed E-state index contributed by atoms with van der Waals surface area (Å²) in [4.78, 5) is 11.3. The van der Waals surface area contributed by atoms with Gasteiger partial charge in [0, 0.05) is 6.42 Å². The number of carbonyl (C=O) groups is 1. The van der Waals surface area contributed by atoms with Gasteiger partial charge in [-0.15, -0.1) is 0 Å². The lowest BCUT2D eigenvalue weighted by atomic mass is 10.0. The molecule has 0 aliphatic heterocycles. The molecule has 0 radical (unpaired) electrons. The minimum Gasteiger partial charge on any atom is -0.465 e. The van der Waals surface area contributed by atoms with E-state index in [1.54, 1.807) is 0 Å². The highest BCUT2D eigenvalue weighted by atomic mass is 16.5. The molecule has 0 amide bonds. The average molecular weight is 198 g/mol. The summed E-state index contributed by atoms with van der Waals surface area (Å²) in [6.45, 7) is 4.69. The fourth-order valence-corrected chi connectivity index (χ4v) is 1.95. The highest BCUT2D eigenvalue weighted by Crippen LogP contribution is 2.28. The summed E-state index contributed by atoms with van der Waals surface area (Å²) in [6.07, 6.45) is 7.00. The highest BCUT2D eigenvalue weighted by molar-refractivity contribution is 5.69. The summed E-state index contributed by atoms with van der Waals surface area (Å²) in [5.41, 5.74) is 0. The van der Waals surface area contributed by atoms with E-state index >= 15 is 0 Å². The Hall–Kier alpha value is -0.530. The van der Waals surface area contributed by atoms with Crippen LogP contribution >= 0.6 is 0 Å². The molecule has 2 nitrogen and oxygen atoms in total. The number of carbonyl (C=O) groups excluding carboxylic acids is 1. The maximum absolute atomic E-state index is 11.3. The van der Waals surface area contributed by atoms with Gasteiger partial charge in [0.25, 0.3) is 0 Å². The van der Waals surface area contributed by atoms with Gasteiger partial charge in [-0.25, -0.2) is 0 Å². The third-order valence-corrected chi connectivity index (χ3v) is 2.81. The van der Waals surface area contributed by atoms with Gasteiger partial charge in [-0.05, 0) is 18.3 Å². The summed E-state index contributed by atoms with van der Waals surface area (Å²) >= 11 is 0. The fraction of sp³-hybridized carbons (Fsp3) is 0.917. The molecule has 0 N–H and O–H groups in total. The third-order valence-electron chi connectivity index (χ3n) is 2.81. The van der Waals surface area contributed by atoms with Gasteiger partial charge in [0.15, 0.2) is 0 Å². The standard InChI is InChI=1S/C12H22O2/c1-10(2)9-14-12(13)8-7-11-5-3-4-6-11/h10-11H,3-9H2,1-2H3. The van der Waals surface area contributed by atoms with E-state index in [1.807, 2.05) is 0 Å². The van der Waals surface area contributed by atoms with Crippen molar-refractivity contribution < 1.29 is 9.53 Å². The summed E-state index contributed by atoms with van der Waals surface area (Å²) < 4.78 is 5.12. The van der Waals surface area contributed by atoms with Crippen LogP contribution in [0.25, 0.3) is 0 Å². The molecule has 1 rings (SSSR count). The normalized spacial score (nSPS) is 17.6. The largest absolute Gasteiger partial charge is 0.465 e. The number of rotatable bonds is 5. The first-order valence-electron chi connectivity index (χ1n) is 5.84. The Labute approximate surface area is 87.0 Å². The number of ether oxygens (including phenoxy) is 1. The Bertz CT molecular complexity index is 169. The number of hydrogen-bond acceptors (Lipinski definition) is 2. The lowest BCUT2D eigenvalue weighted by Gasteiger charge is -2.09. The predicted octanol–water partition coefficient (Wildman–Crippen LogP) is 3.16. The van der Waals surface area contributed by atoms with E-state index in [9.17, 15) is 4.79 Å². The molecule has 1 aliphatic rings. The molecule has 0 atom stereocenters. The monoisotopic (exact) mass is 198 g/mol. The zero-order chi connectivity index (χ0) is 10.4. The first-order valence-corrected chi connectivity index (χ1v) is 5.84. The van der Waals surface area contributed by atoms with Crippen LogP contribution in [0.3, 0.4) is 0 Å². The van der Waals surface area contributed by atoms with E-state index in [0.29, 0.717) is 18.9 Å². The molecule has 0 heterocycles. The third kappa shape index (κ3) is 4.64. The average Bonchev–Trinajstić information content (AvgIpc) is 2.63. The molecular formula is C12H22O2. The van der Waals surface area contributed by atoms with Crippen molar-refractivity contribution in [3.05, 3.63) is 0 Å².